The smallest absolute Gasteiger partial charge is 0.419 e. The third-order valence-corrected chi connectivity index (χ3v) is 4.19. The third-order valence-electron chi connectivity index (χ3n) is 3.99. The van der Waals surface area contributed by atoms with E-state index in [4.69, 9.17) is 16.3 Å². The Morgan fingerprint density at radius 1 is 1.14 bits per heavy atom. The molecule has 148 valence electrons. The molecule has 0 unspecified atom stereocenters. The molecule has 2 heterocycles. The lowest BCUT2D eigenvalue weighted by Crippen LogP contribution is -2.27. The predicted molar refractivity (Wildman–Crippen MR) is 102 cm³/mol. The van der Waals surface area contributed by atoms with Crippen molar-refractivity contribution < 1.29 is 22.7 Å². The van der Waals surface area contributed by atoms with Gasteiger partial charge in [0.2, 0.25) is 0 Å². The number of rotatable bonds is 1. The number of halogens is 4. The monoisotopic (exact) mass is 410 g/mol. The molecule has 0 saturated carbocycles. The van der Waals surface area contributed by atoms with Gasteiger partial charge in [0.25, 0.3) is 0 Å². The Hall–Kier alpha value is -2.54. The van der Waals surface area contributed by atoms with E-state index in [1.165, 1.54) is 30.5 Å². The Kier molecular flexibility index (Phi) is 4.91. The molecule has 0 saturated heterocycles. The highest BCUT2D eigenvalue weighted by Crippen LogP contribution is 2.40. The van der Waals surface area contributed by atoms with E-state index in [0.717, 1.165) is 10.6 Å². The Bertz CT molecular complexity index is 1070. The van der Waals surface area contributed by atoms with E-state index < -0.39 is 23.4 Å². The van der Waals surface area contributed by atoms with Gasteiger partial charge in [-0.05, 0) is 45.9 Å². The van der Waals surface area contributed by atoms with Crippen LogP contribution in [0.2, 0.25) is 5.15 Å². The van der Waals surface area contributed by atoms with E-state index >= 15 is 0 Å². The molecule has 2 aromatic heterocycles. The summed E-state index contributed by atoms with van der Waals surface area (Å²) in [6, 6.07) is 6.69. The molecule has 0 atom stereocenters. The maximum atomic E-state index is 13.6. The normalized spacial score (nSPS) is 12.4. The first-order chi connectivity index (χ1) is 12.9. The van der Waals surface area contributed by atoms with Gasteiger partial charge >= 0.3 is 12.3 Å². The van der Waals surface area contributed by atoms with E-state index in [1.807, 2.05) is 0 Å². The number of fused-ring (bicyclic) bond motifs is 1. The van der Waals surface area contributed by atoms with Crippen molar-refractivity contribution in [1.29, 1.82) is 0 Å². The van der Waals surface area contributed by atoms with Gasteiger partial charge in [-0.25, -0.2) is 14.3 Å². The fourth-order valence-corrected chi connectivity index (χ4v) is 3.05. The number of aryl methyl sites for hydroxylation is 1. The summed E-state index contributed by atoms with van der Waals surface area (Å²) in [5.41, 5.74) is -0.792. The molecule has 1 aromatic carbocycles. The SMILES string of the molecule is Cc1ccc(C(F)(F)F)c(-c2cc3cnc(Cl)cc3n2C(=O)OC(C)(C)C)c1. The van der Waals surface area contributed by atoms with Crippen LogP contribution in [0.25, 0.3) is 22.2 Å². The number of benzene rings is 1. The lowest BCUT2D eigenvalue weighted by molar-refractivity contribution is -0.137. The van der Waals surface area contributed by atoms with Gasteiger partial charge < -0.3 is 4.74 Å². The van der Waals surface area contributed by atoms with E-state index in [1.54, 1.807) is 27.7 Å². The number of pyridine rings is 1. The summed E-state index contributed by atoms with van der Waals surface area (Å²) >= 11 is 5.96. The van der Waals surface area contributed by atoms with Gasteiger partial charge in [-0.2, -0.15) is 13.2 Å². The minimum atomic E-state index is -4.59. The fraction of sp³-hybridized carbons (Fsp3) is 0.300. The summed E-state index contributed by atoms with van der Waals surface area (Å²) in [6.07, 6.45) is -3.98. The molecular weight excluding hydrogens is 393 g/mol. The zero-order valence-corrected chi connectivity index (χ0v) is 16.4. The first kappa shape index (κ1) is 20.2. The molecule has 0 bridgehead atoms. The largest absolute Gasteiger partial charge is 0.443 e. The number of carbonyl (C=O) groups excluding carboxylic acids is 1. The second-order valence-electron chi connectivity index (χ2n) is 7.46. The quantitative estimate of drug-likeness (QED) is 0.432. The summed E-state index contributed by atoms with van der Waals surface area (Å²) in [7, 11) is 0. The Balaban J connectivity index is 2.35. The summed E-state index contributed by atoms with van der Waals surface area (Å²) in [4.78, 5) is 16.8. The van der Waals surface area contributed by atoms with E-state index in [0.29, 0.717) is 16.5 Å². The van der Waals surface area contributed by atoms with Crippen molar-refractivity contribution in [3.8, 4) is 11.3 Å². The summed E-state index contributed by atoms with van der Waals surface area (Å²) in [5, 5.41) is 0.585. The van der Waals surface area contributed by atoms with Crippen LogP contribution in [0.5, 0.6) is 0 Å². The zero-order valence-electron chi connectivity index (χ0n) is 15.7. The van der Waals surface area contributed by atoms with Crippen molar-refractivity contribution in [3.63, 3.8) is 0 Å². The average molecular weight is 411 g/mol. The van der Waals surface area contributed by atoms with Crippen molar-refractivity contribution in [2.45, 2.75) is 39.5 Å². The number of aromatic nitrogens is 2. The number of nitrogens with zero attached hydrogens (tertiary/aromatic N) is 2. The number of hydrogen-bond acceptors (Lipinski definition) is 3. The number of ether oxygens (including phenoxy) is 1. The summed E-state index contributed by atoms with van der Waals surface area (Å²) in [6.45, 7) is 6.72. The molecule has 28 heavy (non-hydrogen) atoms. The fourth-order valence-electron chi connectivity index (χ4n) is 2.90. The highest BCUT2D eigenvalue weighted by Gasteiger charge is 2.35. The topological polar surface area (TPSA) is 44.1 Å². The minimum absolute atomic E-state index is 0.0596. The second-order valence-corrected chi connectivity index (χ2v) is 7.85. The van der Waals surface area contributed by atoms with Crippen molar-refractivity contribution in [2.24, 2.45) is 0 Å². The summed E-state index contributed by atoms with van der Waals surface area (Å²) < 4.78 is 47.4. The molecule has 0 aliphatic carbocycles. The van der Waals surface area contributed by atoms with Gasteiger partial charge in [0.15, 0.2) is 0 Å². The van der Waals surface area contributed by atoms with Crippen LogP contribution >= 0.6 is 11.6 Å². The van der Waals surface area contributed by atoms with Gasteiger partial charge in [-0.15, -0.1) is 0 Å². The molecule has 3 aromatic rings. The highest BCUT2D eigenvalue weighted by atomic mass is 35.5. The molecule has 0 N–H and O–H groups in total. The van der Waals surface area contributed by atoms with Gasteiger partial charge in [-0.1, -0.05) is 23.2 Å². The zero-order chi connectivity index (χ0) is 20.9. The maximum Gasteiger partial charge on any atom is 0.419 e. The first-order valence-electron chi connectivity index (χ1n) is 8.45. The summed E-state index contributed by atoms with van der Waals surface area (Å²) in [5.74, 6) is 0. The van der Waals surface area contributed by atoms with Crippen LogP contribution in [0.15, 0.2) is 36.5 Å². The van der Waals surface area contributed by atoms with Gasteiger partial charge in [0, 0.05) is 23.2 Å². The van der Waals surface area contributed by atoms with Crippen molar-refractivity contribution >= 4 is 28.6 Å². The first-order valence-corrected chi connectivity index (χ1v) is 8.83. The van der Waals surface area contributed by atoms with E-state index in [9.17, 15) is 18.0 Å². The lowest BCUT2D eigenvalue weighted by Gasteiger charge is -2.22. The van der Waals surface area contributed by atoms with Crippen LogP contribution in [0.3, 0.4) is 0 Å². The standard InChI is InChI=1S/C20H18ClF3N2O2/c1-11-5-6-14(20(22,23)24)13(7-11)16-8-12-10-25-17(21)9-15(12)26(16)18(27)28-19(2,3)4/h5-10H,1-4H3. The molecule has 3 rings (SSSR count). The molecule has 0 radical (unpaired) electrons. The second kappa shape index (κ2) is 6.81. The van der Waals surface area contributed by atoms with E-state index in [2.05, 4.69) is 4.98 Å². The van der Waals surface area contributed by atoms with Crippen molar-refractivity contribution in [1.82, 2.24) is 9.55 Å². The van der Waals surface area contributed by atoms with Crippen LogP contribution in [0, 0.1) is 6.92 Å². The molecule has 0 aliphatic rings. The third kappa shape index (κ3) is 3.99. The molecule has 0 amide bonds. The van der Waals surface area contributed by atoms with E-state index in [-0.39, 0.29) is 16.4 Å². The van der Waals surface area contributed by atoms with Crippen molar-refractivity contribution in [2.75, 3.05) is 0 Å². The van der Waals surface area contributed by atoms with Crippen LogP contribution in [-0.4, -0.2) is 21.2 Å². The Labute approximate surface area is 164 Å². The predicted octanol–water partition coefficient (Wildman–Crippen LogP) is 6.47. The molecule has 0 fully saturated rings. The Morgan fingerprint density at radius 3 is 2.43 bits per heavy atom. The Morgan fingerprint density at radius 2 is 1.82 bits per heavy atom. The maximum absolute atomic E-state index is 13.6. The highest BCUT2D eigenvalue weighted by molar-refractivity contribution is 6.30. The average Bonchev–Trinajstić information content (AvgIpc) is 2.90. The number of hydrogen-bond donors (Lipinski definition) is 0. The van der Waals surface area contributed by atoms with Crippen molar-refractivity contribution in [3.05, 3.63) is 52.8 Å². The minimum Gasteiger partial charge on any atom is -0.443 e. The molecular formula is C20H18ClF3N2O2. The van der Waals surface area contributed by atoms with Crippen LogP contribution in [0.1, 0.15) is 31.9 Å². The molecule has 4 nitrogen and oxygen atoms in total. The lowest BCUT2D eigenvalue weighted by atomic mass is 10.0. The van der Waals surface area contributed by atoms with Crippen LogP contribution in [0.4, 0.5) is 18.0 Å². The van der Waals surface area contributed by atoms with Crippen LogP contribution in [-0.2, 0) is 10.9 Å². The van der Waals surface area contributed by atoms with Crippen LogP contribution < -0.4 is 0 Å². The van der Waals surface area contributed by atoms with Gasteiger partial charge in [0.05, 0.1) is 16.8 Å². The van der Waals surface area contributed by atoms with Gasteiger partial charge in [0.1, 0.15) is 10.8 Å². The molecule has 8 heteroatoms. The number of carbonyl (C=O) groups is 1. The van der Waals surface area contributed by atoms with Gasteiger partial charge in [-0.3, -0.25) is 0 Å². The number of alkyl halides is 3. The molecule has 0 spiro atoms. The molecule has 0 aliphatic heterocycles.